The van der Waals surface area contributed by atoms with Gasteiger partial charge in [0, 0.05) is 18.2 Å². The summed E-state index contributed by atoms with van der Waals surface area (Å²) < 4.78 is 5.59. The largest absolute Gasteiger partial charge is 0.494 e. The van der Waals surface area contributed by atoms with Crippen molar-refractivity contribution in [3.05, 3.63) is 95.6 Å². The van der Waals surface area contributed by atoms with Crippen LogP contribution >= 0.6 is 0 Å². The standard InChI is InChI=1S/C29H31N3O4/c1-4-18-36-22-16-14-21(15-17-22)26(33)19(2)28(34)31-27-29(35)32(3)24-13-9-8-12-23(24)25(30-27)20-10-6-5-7-11-20/h5-17,19,26-27,33H,4,18H2,1-3H3,(H,31,34)/t19?,26-,27?/m0/s1. The molecule has 7 nitrogen and oxygen atoms in total. The van der Waals surface area contributed by atoms with E-state index in [0.29, 0.717) is 29.3 Å². The molecule has 0 aromatic heterocycles. The van der Waals surface area contributed by atoms with Crippen LogP contribution in [0.3, 0.4) is 0 Å². The number of aliphatic hydroxyl groups is 1. The number of anilines is 1. The van der Waals surface area contributed by atoms with E-state index in [2.05, 4.69) is 5.32 Å². The smallest absolute Gasteiger partial charge is 0.272 e. The number of likely N-dealkylation sites (N-methyl/N-ethyl adjacent to an activating group) is 1. The summed E-state index contributed by atoms with van der Waals surface area (Å²) >= 11 is 0. The summed E-state index contributed by atoms with van der Waals surface area (Å²) in [4.78, 5) is 32.7. The average molecular weight is 486 g/mol. The number of benzodiazepines with no additional fused rings is 1. The quantitative estimate of drug-likeness (QED) is 0.503. The number of rotatable bonds is 8. The summed E-state index contributed by atoms with van der Waals surface area (Å²) in [5.41, 5.74) is 3.55. The van der Waals surface area contributed by atoms with E-state index in [1.807, 2.05) is 61.5 Å². The summed E-state index contributed by atoms with van der Waals surface area (Å²) in [5.74, 6) is -0.936. The highest BCUT2D eigenvalue weighted by atomic mass is 16.5. The Balaban J connectivity index is 1.58. The summed E-state index contributed by atoms with van der Waals surface area (Å²) in [6.07, 6.45) is -1.29. The van der Waals surface area contributed by atoms with Crippen molar-refractivity contribution in [1.82, 2.24) is 5.32 Å². The number of hydrogen-bond acceptors (Lipinski definition) is 5. The third-order valence-corrected chi connectivity index (χ3v) is 6.25. The lowest BCUT2D eigenvalue weighted by atomic mass is 9.96. The van der Waals surface area contributed by atoms with Gasteiger partial charge in [-0.05, 0) is 30.2 Å². The minimum absolute atomic E-state index is 0.360. The molecule has 4 rings (SSSR count). The number of aliphatic imine (C=N–C) groups is 1. The Morgan fingerprint density at radius 2 is 1.72 bits per heavy atom. The molecule has 3 aromatic carbocycles. The Hall–Kier alpha value is -3.97. The molecule has 1 aliphatic rings. The minimum atomic E-state index is -1.13. The van der Waals surface area contributed by atoms with Crippen LogP contribution in [0.1, 0.15) is 43.1 Å². The van der Waals surface area contributed by atoms with Crippen LogP contribution in [0.5, 0.6) is 5.75 Å². The Kier molecular flexibility index (Phi) is 7.80. The molecule has 2 unspecified atom stereocenters. The first-order valence-corrected chi connectivity index (χ1v) is 12.1. The van der Waals surface area contributed by atoms with E-state index in [1.54, 1.807) is 38.2 Å². The van der Waals surface area contributed by atoms with Gasteiger partial charge in [-0.25, -0.2) is 4.99 Å². The van der Waals surface area contributed by atoms with Crippen LogP contribution in [0.2, 0.25) is 0 Å². The van der Waals surface area contributed by atoms with Gasteiger partial charge in [0.25, 0.3) is 5.91 Å². The van der Waals surface area contributed by atoms with Crippen LogP contribution in [0.15, 0.2) is 83.9 Å². The fourth-order valence-electron chi connectivity index (χ4n) is 4.12. The average Bonchev–Trinajstić information content (AvgIpc) is 3.02. The van der Waals surface area contributed by atoms with Gasteiger partial charge >= 0.3 is 0 Å². The molecule has 2 N–H and O–H groups in total. The van der Waals surface area contributed by atoms with Crippen LogP contribution in [-0.2, 0) is 9.59 Å². The number of aliphatic hydroxyl groups excluding tert-OH is 1. The van der Waals surface area contributed by atoms with Crippen molar-refractivity contribution < 1.29 is 19.4 Å². The fraction of sp³-hybridized carbons (Fsp3) is 0.276. The van der Waals surface area contributed by atoms with E-state index in [1.165, 1.54) is 4.90 Å². The summed E-state index contributed by atoms with van der Waals surface area (Å²) in [6, 6.07) is 24.1. The Morgan fingerprint density at radius 1 is 1.06 bits per heavy atom. The molecule has 0 spiro atoms. The van der Waals surface area contributed by atoms with Gasteiger partial charge in [-0.15, -0.1) is 0 Å². The van der Waals surface area contributed by atoms with Crippen LogP contribution < -0.4 is 15.0 Å². The number of hydrogen-bond donors (Lipinski definition) is 2. The number of fused-ring (bicyclic) bond motifs is 1. The van der Waals surface area contributed by atoms with Crippen molar-refractivity contribution in [1.29, 1.82) is 0 Å². The first-order chi connectivity index (χ1) is 17.4. The van der Waals surface area contributed by atoms with Gasteiger partial charge in [-0.1, -0.05) is 74.5 Å². The molecular formula is C29H31N3O4. The monoisotopic (exact) mass is 485 g/mol. The maximum atomic E-state index is 13.3. The zero-order valence-electron chi connectivity index (χ0n) is 20.7. The molecule has 2 amide bonds. The van der Waals surface area contributed by atoms with E-state index >= 15 is 0 Å². The molecule has 3 atom stereocenters. The lowest BCUT2D eigenvalue weighted by Gasteiger charge is -2.23. The first-order valence-electron chi connectivity index (χ1n) is 12.1. The van der Waals surface area contributed by atoms with Crippen molar-refractivity contribution in [2.45, 2.75) is 32.5 Å². The summed E-state index contributed by atoms with van der Waals surface area (Å²) in [6.45, 7) is 4.27. The van der Waals surface area contributed by atoms with Crippen molar-refractivity contribution in [2.75, 3.05) is 18.6 Å². The first kappa shape index (κ1) is 25.1. The highest BCUT2D eigenvalue weighted by Crippen LogP contribution is 2.28. The second kappa shape index (κ2) is 11.2. The topological polar surface area (TPSA) is 91.2 Å². The van der Waals surface area contributed by atoms with Gasteiger partial charge in [0.1, 0.15) is 5.75 Å². The van der Waals surface area contributed by atoms with Gasteiger partial charge in [0.2, 0.25) is 12.1 Å². The SMILES string of the molecule is CCCOc1ccc([C@@H](O)C(C)C(=O)NC2N=C(c3ccccc3)c3ccccc3N(C)C2=O)cc1. The van der Waals surface area contributed by atoms with Crippen LogP contribution in [0, 0.1) is 5.92 Å². The molecule has 1 aliphatic heterocycles. The van der Waals surface area contributed by atoms with E-state index < -0.39 is 24.1 Å². The number of ether oxygens (including phenoxy) is 1. The number of nitrogens with zero attached hydrogens (tertiary/aromatic N) is 2. The van der Waals surface area contributed by atoms with Crippen molar-refractivity contribution >= 4 is 23.2 Å². The third-order valence-electron chi connectivity index (χ3n) is 6.25. The molecule has 7 heteroatoms. The van der Waals surface area contributed by atoms with E-state index in [-0.39, 0.29) is 5.91 Å². The number of para-hydroxylation sites is 1. The molecule has 0 aliphatic carbocycles. The van der Waals surface area contributed by atoms with Gasteiger partial charge in [0.15, 0.2) is 0 Å². The van der Waals surface area contributed by atoms with Crippen LogP contribution in [-0.4, -0.2) is 42.5 Å². The van der Waals surface area contributed by atoms with E-state index in [9.17, 15) is 14.7 Å². The van der Waals surface area contributed by atoms with Crippen molar-refractivity contribution in [3.63, 3.8) is 0 Å². The molecule has 1 heterocycles. The molecule has 0 bridgehead atoms. The molecule has 36 heavy (non-hydrogen) atoms. The molecule has 0 saturated carbocycles. The zero-order chi connectivity index (χ0) is 25.7. The Morgan fingerprint density at radius 3 is 2.42 bits per heavy atom. The number of carbonyl (C=O) groups is 2. The zero-order valence-corrected chi connectivity index (χ0v) is 20.7. The summed E-state index contributed by atoms with van der Waals surface area (Å²) in [5, 5.41) is 13.6. The molecule has 0 saturated heterocycles. The lowest BCUT2D eigenvalue weighted by Crippen LogP contribution is -2.48. The highest BCUT2D eigenvalue weighted by molar-refractivity contribution is 6.20. The molecule has 0 fully saturated rings. The van der Waals surface area contributed by atoms with Crippen molar-refractivity contribution in [2.24, 2.45) is 10.9 Å². The number of nitrogens with one attached hydrogen (secondary N) is 1. The number of amides is 2. The second-order valence-corrected chi connectivity index (χ2v) is 8.82. The van der Waals surface area contributed by atoms with Crippen LogP contribution in [0.25, 0.3) is 0 Å². The Bertz CT molecular complexity index is 1240. The normalized spacial score (nSPS) is 16.9. The number of carbonyl (C=O) groups excluding carboxylic acids is 2. The van der Waals surface area contributed by atoms with Gasteiger partial charge in [-0.3, -0.25) is 9.59 Å². The van der Waals surface area contributed by atoms with Gasteiger partial charge in [-0.2, -0.15) is 0 Å². The summed E-state index contributed by atoms with van der Waals surface area (Å²) in [7, 11) is 1.67. The predicted molar refractivity (Wildman–Crippen MR) is 140 cm³/mol. The molecule has 0 radical (unpaired) electrons. The molecule has 186 valence electrons. The van der Waals surface area contributed by atoms with Crippen LogP contribution in [0.4, 0.5) is 5.69 Å². The van der Waals surface area contributed by atoms with Gasteiger partial charge < -0.3 is 20.1 Å². The minimum Gasteiger partial charge on any atom is -0.494 e. The third kappa shape index (κ3) is 5.31. The fourth-order valence-corrected chi connectivity index (χ4v) is 4.12. The highest BCUT2D eigenvalue weighted by Gasteiger charge is 2.33. The molecule has 3 aromatic rings. The number of benzene rings is 3. The van der Waals surface area contributed by atoms with Gasteiger partial charge in [0.05, 0.1) is 30.0 Å². The second-order valence-electron chi connectivity index (χ2n) is 8.82. The van der Waals surface area contributed by atoms with Crippen molar-refractivity contribution in [3.8, 4) is 5.75 Å². The lowest BCUT2D eigenvalue weighted by molar-refractivity contribution is -0.132. The molecular weight excluding hydrogens is 454 g/mol. The predicted octanol–water partition coefficient (Wildman–Crippen LogP) is 4.10. The Labute approximate surface area is 211 Å². The maximum Gasteiger partial charge on any atom is 0.272 e. The van der Waals surface area contributed by atoms with E-state index in [4.69, 9.17) is 9.73 Å². The maximum absolute atomic E-state index is 13.3. The van der Waals surface area contributed by atoms with E-state index in [0.717, 1.165) is 17.5 Å².